The zero-order chi connectivity index (χ0) is 14.5. The highest BCUT2D eigenvalue weighted by molar-refractivity contribution is 5.83. The first-order valence-electron chi connectivity index (χ1n) is 8.27. The molecule has 0 bridgehead atoms. The van der Waals surface area contributed by atoms with Gasteiger partial charge in [-0.15, -0.1) is 0 Å². The van der Waals surface area contributed by atoms with Crippen LogP contribution in [0, 0.1) is 0 Å². The zero-order valence-electron chi connectivity index (χ0n) is 12.8. The molecule has 0 saturated carbocycles. The van der Waals surface area contributed by atoms with Crippen LogP contribution in [-0.2, 0) is 17.7 Å². The molecular weight excluding hydrogens is 260 g/mol. The van der Waals surface area contributed by atoms with E-state index in [0.717, 1.165) is 32.5 Å². The van der Waals surface area contributed by atoms with Crippen molar-refractivity contribution in [3.63, 3.8) is 0 Å². The van der Waals surface area contributed by atoms with Crippen LogP contribution in [0.15, 0.2) is 30.5 Å². The predicted octanol–water partition coefficient (Wildman–Crippen LogP) is 3.49. The second-order valence-electron chi connectivity index (χ2n) is 6.03. The van der Waals surface area contributed by atoms with Crippen molar-refractivity contribution in [1.82, 2.24) is 4.57 Å². The van der Waals surface area contributed by atoms with Crippen LogP contribution in [0.4, 0.5) is 0 Å². The Balaban J connectivity index is 1.68. The molecule has 0 spiro atoms. The van der Waals surface area contributed by atoms with Crippen LogP contribution in [0.25, 0.3) is 10.9 Å². The summed E-state index contributed by atoms with van der Waals surface area (Å²) in [5.41, 5.74) is 8.45. The van der Waals surface area contributed by atoms with E-state index in [0.29, 0.717) is 6.10 Å². The smallest absolute Gasteiger partial charge is 0.0576 e. The lowest BCUT2D eigenvalue weighted by molar-refractivity contribution is 0.101. The van der Waals surface area contributed by atoms with Crippen molar-refractivity contribution in [2.75, 3.05) is 13.2 Å². The first kappa shape index (κ1) is 14.6. The predicted molar refractivity (Wildman–Crippen MR) is 87.5 cm³/mol. The Morgan fingerprint density at radius 2 is 2.14 bits per heavy atom. The molecule has 1 unspecified atom stereocenters. The van der Waals surface area contributed by atoms with Gasteiger partial charge in [-0.1, -0.05) is 18.2 Å². The van der Waals surface area contributed by atoms with Gasteiger partial charge in [0.1, 0.15) is 0 Å². The second kappa shape index (κ2) is 7.10. The van der Waals surface area contributed by atoms with Crippen molar-refractivity contribution in [3.8, 4) is 0 Å². The van der Waals surface area contributed by atoms with Gasteiger partial charge in [-0.25, -0.2) is 0 Å². The van der Waals surface area contributed by atoms with Gasteiger partial charge in [0.2, 0.25) is 0 Å². The average Bonchev–Trinajstić information content (AvgIpc) is 3.14. The highest BCUT2D eigenvalue weighted by atomic mass is 16.5. The van der Waals surface area contributed by atoms with E-state index >= 15 is 0 Å². The number of aromatic nitrogens is 1. The summed E-state index contributed by atoms with van der Waals surface area (Å²) in [7, 11) is 0. The van der Waals surface area contributed by atoms with Gasteiger partial charge < -0.3 is 15.0 Å². The minimum absolute atomic E-state index is 0.503. The molecule has 2 aromatic rings. The summed E-state index contributed by atoms with van der Waals surface area (Å²) in [4.78, 5) is 0. The fourth-order valence-electron chi connectivity index (χ4n) is 3.36. The third kappa shape index (κ3) is 3.47. The molecular formula is C18H26N2O. The number of nitrogens with zero attached hydrogens (tertiary/aromatic N) is 1. The molecule has 1 fully saturated rings. The van der Waals surface area contributed by atoms with Crippen LogP contribution >= 0.6 is 0 Å². The van der Waals surface area contributed by atoms with E-state index in [1.807, 2.05) is 0 Å². The number of para-hydroxylation sites is 1. The van der Waals surface area contributed by atoms with Crippen LogP contribution in [0.1, 0.15) is 37.7 Å². The number of hydrogen-bond acceptors (Lipinski definition) is 2. The van der Waals surface area contributed by atoms with Gasteiger partial charge in [0.25, 0.3) is 0 Å². The Morgan fingerprint density at radius 3 is 2.95 bits per heavy atom. The number of benzene rings is 1. The number of rotatable bonds is 7. The molecule has 0 radical (unpaired) electrons. The molecule has 1 aliphatic heterocycles. The number of aryl methyl sites for hydroxylation is 2. The van der Waals surface area contributed by atoms with E-state index in [4.69, 9.17) is 10.5 Å². The van der Waals surface area contributed by atoms with Crippen molar-refractivity contribution in [3.05, 3.63) is 36.0 Å². The minimum atomic E-state index is 0.503. The lowest BCUT2D eigenvalue weighted by atomic mass is 10.1. The highest BCUT2D eigenvalue weighted by Gasteiger charge is 2.15. The summed E-state index contributed by atoms with van der Waals surface area (Å²) in [5.74, 6) is 0. The van der Waals surface area contributed by atoms with E-state index in [1.165, 1.54) is 42.1 Å². The zero-order valence-corrected chi connectivity index (χ0v) is 12.8. The SMILES string of the molecule is NCCCc1cn(CCCC2CCCO2)c2ccccc12. The average molecular weight is 286 g/mol. The number of hydrogen-bond donors (Lipinski definition) is 1. The Labute approximate surface area is 127 Å². The van der Waals surface area contributed by atoms with Gasteiger partial charge in [-0.2, -0.15) is 0 Å². The maximum absolute atomic E-state index is 5.71. The van der Waals surface area contributed by atoms with E-state index in [9.17, 15) is 0 Å². The molecule has 114 valence electrons. The quantitative estimate of drug-likeness (QED) is 0.846. The molecule has 0 aliphatic carbocycles. The molecule has 1 atom stereocenters. The molecule has 2 N–H and O–H groups in total. The summed E-state index contributed by atoms with van der Waals surface area (Å²) in [6.45, 7) is 2.81. The van der Waals surface area contributed by atoms with Crippen LogP contribution in [-0.4, -0.2) is 23.8 Å². The van der Waals surface area contributed by atoms with Crippen molar-refractivity contribution < 1.29 is 4.74 Å². The Kier molecular flexibility index (Phi) is 4.94. The normalized spacial score (nSPS) is 18.6. The fraction of sp³-hybridized carbons (Fsp3) is 0.556. The van der Waals surface area contributed by atoms with E-state index in [1.54, 1.807) is 0 Å². The Hall–Kier alpha value is -1.32. The number of ether oxygens (including phenoxy) is 1. The van der Waals surface area contributed by atoms with Gasteiger partial charge in [0.05, 0.1) is 6.10 Å². The monoisotopic (exact) mass is 286 g/mol. The van der Waals surface area contributed by atoms with Crippen LogP contribution < -0.4 is 5.73 Å². The van der Waals surface area contributed by atoms with Gasteiger partial charge in [-0.3, -0.25) is 0 Å². The summed E-state index contributed by atoms with van der Waals surface area (Å²) in [6.07, 6.45) is 9.83. The topological polar surface area (TPSA) is 40.2 Å². The Bertz CT molecular complexity index is 570. The molecule has 0 amide bonds. The van der Waals surface area contributed by atoms with Gasteiger partial charge in [0, 0.05) is 30.3 Å². The van der Waals surface area contributed by atoms with Crippen LogP contribution in [0.3, 0.4) is 0 Å². The second-order valence-corrected chi connectivity index (χ2v) is 6.03. The highest BCUT2D eigenvalue weighted by Crippen LogP contribution is 2.24. The molecule has 1 aromatic heterocycles. The summed E-state index contributed by atoms with van der Waals surface area (Å²) in [5, 5.41) is 1.39. The fourth-order valence-corrected chi connectivity index (χ4v) is 3.36. The van der Waals surface area contributed by atoms with E-state index in [2.05, 4.69) is 35.0 Å². The molecule has 1 saturated heterocycles. The first-order chi connectivity index (χ1) is 10.4. The summed E-state index contributed by atoms with van der Waals surface area (Å²) < 4.78 is 8.13. The molecule has 1 aromatic carbocycles. The maximum atomic E-state index is 5.71. The molecule has 3 nitrogen and oxygen atoms in total. The molecule has 3 rings (SSSR count). The maximum Gasteiger partial charge on any atom is 0.0576 e. The first-order valence-corrected chi connectivity index (χ1v) is 8.27. The molecule has 1 aliphatic rings. The third-order valence-electron chi connectivity index (χ3n) is 4.47. The largest absolute Gasteiger partial charge is 0.378 e. The molecule has 2 heterocycles. The number of fused-ring (bicyclic) bond motifs is 1. The van der Waals surface area contributed by atoms with Crippen LogP contribution in [0.2, 0.25) is 0 Å². The molecule has 3 heteroatoms. The van der Waals surface area contributed by atoms with Gasteiger partial charge >= 0.3 is 0 Å². The minimum Gasteiger partial charge on any atom is -0.378 e. The van der Waals surface area contributed by atoms with Crippen molar-refractivity contribution in [2.45, 2.75) is 51.2 Å². The van der Waals surface area contributed by atoms with Gasteiger partial charge in [0.15, 0.2) is 0 Å². The lowest BCUT2D eigenvalue weighted by Gasteiger charge is -2.10. The summed E-state index contributed by atoms with van der Waals surface area (Å²) in [6, 6.07) is 8.72. The Morgan fingerprint density at radius 1 is 1.24 bits per heavy atom. The molecule has 21 heavy (non-hydrogen) atoms. The van der Waals surface area contributed by atoms with Crippen LogP contribution in [0.5, 0.6) is 0 Å². The van der Waals surface area contributed by atoms with E-state index in [-0.39, 0.29) is 0 Å². The summed E-state index contributed by atoms with van der Waals surface area (Å²) >= 11 is 0. The van der Waals surface area contributed by atoms with Crippen molar-refractivity contribution in [1.29, 1.82) is 0 Å². The third-order valence-corrected chi connectivity index (χ3v) is 4.47. The van der Waals surface area contributed by atoms with E-state index < -0.39 is 0 Å². The number of nitrogens with two attached hydrogens (primary N) is 1. The lowest BCUT2D eigenvalue weighted by Crippen LogP contribution is -2.06. The standard InChI is InChI=1S/C18H26N2O/c19-11-3-6-15-14-20(18-10-2-1-9-17(15)18)12-4-7-16-8-5-13-21-16/h1-2,9-10,14,16H,3-8,11-13,19H2. The van der Waals surface area contributed by atoms with Crippen molar-refractivity contribution in [2.24, 2.45) is 5.73 Å². The van der Waals surface area contributed by atoms with Crippen molar-refractivity contribution >= 4 is 10.9 Å². The van der Waals surface area contributed by atoms with Gasteiger partial charge in [-0.05, 0) is 56.7 Å².